The molecule has 1 aliphatic rings. The number of ether oxygens (including phenoxy) is 2. The summed E-state index contributed by atoms with van der Waals surface area (Å²) < 4.78 is 11.1. The van der Waals surface area contributed by atoms with Crippen LogP contribution in [0.4, 0.5) is 0 Å². The van der Waals surface area contributed by atoms with Crippen molar-refractivity contribution in [1.29, 1.82) is 5.26 Å². The predicted molar refractivity (Wildman–Crippen MR) is 73.2 cm³/mol. The van der Waals surface area contributed by atoms with Crippen LogP contribution in [0.2, 0.25) is 0 Å². The summed E-state index contributed by atoms with van der Waals surface area (Å²) in [6.07, 6.45) is 0. The molecule has 0 amide bonds. The Balaban J connectivity index is 2.31. The highest BCUT2D eigenvalue weighted by Crippen LogP contribution is 2.35. The smallest absolute Gasteiger partial charge is 0.161 e. The monoisotopic (exact) mass is 260 g/mol. The first-order valence-electron chi connectivity index (χ1n) is 6.63. The van der Waals surface area contributed by atoms with Crippen molar-refractivity contribution in [3.05, 3.63) is 23.8 Å². The molecule has 19 heavy (non-hydrogen) atoms. The number of rotatable bonds is 4. The minimum Gasteiger partial charge on any atom is -0.486 e. The van der Waals surface area contributed by atoms with Gasteiger partial charge in [0.1, 0.15) is 13.2 Å². The van der Waals surface area contributed by atoms with Gasteiger partial charge < -0.3 is 14.8 Å². The van der Waals surface area contributed by atoms with Crippen LogP contribution in [0.5, 0.6) is 11.5 Å². The number of hydrogen-bond donors (Lipinski definition) is 1. The highest BCUT2D eigenvalue weighted by atomic mass is 16.6. The van der Waals surface area contributed by atoms with Crippen molar-refractivity contribution in [2.75, 3.05) is 20.3 Å². The number of fused-ring (bicyclic) bond motifs is 1. The Morgan fingerprint density at radius 3 is 2.47 bits per heavy atom. The molecule has 102 valence electrons. The van der Waals surface area contributed by atoms with Gasteiger partial charge in [0.15, 0.2) is 11.5 Å². The molecule has 0 radical (unpaired) electrons. The highest BCUT2D eigenvalue weighted by molar-refractivity contribution is 5.45. The Kier molecular flexibility index (Phi) is 4.28. The summed E-state index contributed by atoms with van der Waals surface area (Å²) in [6, 6.07) is 8.29. The average Bonchev–Trinajstić information content (AvgIpc) is 2.43. The summed E-state index contributed by atoms with van der Waals surface area (Å²) in [5.41, 5.74) is 1.06. The fourth-order valence-electron chi connectivity index (χ4n) is 2.42. The Morgan fingerprint density at radius 2 is 1.89 bits per heavy atom. The summed E-state index contributed by atoms with van der Waals surface area (Å²) >= 11 is 0. The SMILES string of the molecule is CNC(c1ccc2c(c1)OCCO2)C(C#N)C(C)C. The molecule has 1 aliphatic heterocycles. The first-order valence-corrected chi connectivity index (χ1v) is 6.63. The van der Waals surface area contributed by atoms with Gasteiger partial charge in [0, 0.05) is 6.04 Å². The number of nitrogens with zero attached hydrogens (tertiary/aromatic N) is 1. The highest BCUT2D eigenvalue weighted by Gasteiger charge is 2.26. The van der Waals surface area contributed by atoms with E-state index in [1.165, 1.54) is 0 Å². The molecule has 0 spiro atoms. The quantitative estimate of drug-likeness (QED) is 0.903. The van der Waals surface area contributed by atoms with Gasteiger partial charge in [-0.25, -0.2) is 0 Å². The molecule has 0 aliphatic carbocycles. The van der Waals surface area contributed by atoms with Crippen LogP contribution in [-0.2, 0) is 0 Å². The normalized spacial score (nSPS) is 16.8. The Bertz CT molecular complexity index is 480. The minimum absolute atomic E-state index is 0.000765. The molecule has 4 nitrogen and oxygen atoms in total. The molecule has 1 heterocycles. The molecule has 1 N–H and O–H groups in total. The zero-order valence-electron chi connectivity index (χ0n) is 11.6. The van der Waals surface area contributed by atoms with E-state index in [-0.39, 0.29) is 17.9 Å². The van der Waals surface area contributed by atoms with Crippen LogP contribution in [-0.4, -0.2) is 20.3 Å². The molecule has 2 rings (SSSR count). The maximum Gasteiger partial charge on any atom is 0.161 e. The molecule has 1 aromatic carbocycles. The van der Waals surface area contributed by atoms with Crippen molar-refractivity contribution in [3.8, 4) is 17.6 Å². The molecule has 0 saturated heterocycles. The first-order chi connectivity index (χ1) is 9.17. The van der Waals surface area contributed by atoms with E-state index in [4.69, 9.17) is 9.47 Å². The van der Waals surface area contributed by atoms with Crippen molar-refractivity contribution >= 4 is 0 Å². The average molecular weight is 260 g/mol. The molecule has 0 fully saturated rings. The van der Waals surface area contributed by atoms with Crippen LogP contribution in [0.3, 0.4) is 0 Å². The molecule has 0 saturated carbocycles. The fraction of sp³-hybridized carbons (Fsp3) is 0.533. The number of nitriles is 1. The van der Waals surface area contributed by atoms with Crippen LogP contribution < -0.4 is 14.8 Å². The Hall–Kier alpha value is -1.73. The minimum atomic E-state index is -0.0763. The van der Waals surface area contributed by atoms with Gasteiger partial charge in [0.2, 0.25) is 0 Å². The lowest BCUT2D eigenvalue weighted by Gasteiger charge is -2.26. The second-order valence-corrected chi connectivity index (χ2v) is 5.07. The van der Waals surface area contributed by atoms with E-state index in [9.17, 15) is 5.26 Å². The van der Waals surface area contributed by atoms with Crippen LogP contribution in [0, 0.1) is 23.2 Å². The summed E-state index contributed by atoms with van der Waals surface area (Å²) in [5.74, 6) is 1.76. The van der Waals surface area contributed by atoms with Gasteiger partial charge >= 0.3 is 0 Å². The van der Waals surface area contributed by atoms with Crippen molar-refractivity contribution < 1.29 is 9.47 Å². The second kappa shape index (κ2) is 5.94. The topological polar surface area (TPSA) is 54.3 Å². The van der Waals surface area contributed by atoms with Gasteiger partial charge in [0.05, 0.1) is 12.0 Å². The fourth-order valence-corrected chi connectivity index (χ4v) is 2.42. The summed E-state index contributed by atoms with van der Waals surface area (Å²) in [4.78, 5) is 0. The Labute approximate surface area is 114 Å². The van der Waals surface area contributed by atoms with Gasteiger partial charge in [0.25, 0.3) is 0 Å². The number of nitrogens with one attached hydrogen (secondary N) is 1. The predicted octanol–water partition coefficient (Wildman–Crippen LogP) is 2.51. The van der Waals surface area contributed by atoms with Crippen molar-refractivity contribution in [1.82, 2.24) is 5.32 Å². The van der Waals surface area contributed by atoms with Crippen LogP contribution >= 0.6 is 0 Å². The molecule has 0 aromatic heterocycles. The molecule has 2 atom stereocenters. The molecular weight excluding hydrogens is 240 g/mol. The second-order valence-electron chi connectivity index (χ2n) is 5.07. The maximum atomic E-state index is 9.35. The molecule has 4 heteroatoms. The van der Waals surface area contributed by atoms with E-state index in [1.54, 1.807) is 0 Å². The van der Waals surface area contributed by atoms with Gasteiger partial charge in [-0.05, 0) is 30.7 Å². The lowest BCUT2D eigenvalue weighted by atomic mass is 9.85. The van der Waals surface area contributed by atoms with E-state index in [1.807, 2.05) is 25.2 Å². The molecule has 1 aromatic rings. The summed E-state index contributed by atoms with van der Waals surface area (Å²) in [5, 5.41) is 12.6. The van der Waals surface area contributed by atoms with Gasteiger partial charge in [-0.1, -0.05) is 19.9 Å². The van der Waals surface area contributed by atoms with Crippen molar-refractivity contribution in [3.63, 3.8) is 0 Å². The Morgan fingerprint density at radius 1 is 1.21 bits per heavy atom. The zero-order chi connectivity index (χ0) is 13.8. The van der Waals surface area contributed by atoms with Crippen molar-refractivity contribution in [2.24, 2.45) is 11.8 Å². The van der Waals surface area contributed by atoms with Gasteiger partial charge in [-0.15, -0.1) is 0 Å². The maximum absolute atomic E-state index is 9.35. The molecule has 2 unspecified atom stereocenters. The lowest BCUT2D eigenvalue weighted by Crippen LogP contribution is -2.28. The van der Waals surface area contributed by atoms with E-state index < -0.39 is 0 Å². The van der Waals surface area contributed by atoms with Crippen LogP contribution in [0.25, 0.3) is 0 Å². The molecule has 0 bridgehead atoms. The number of hydrogen-bond acceptors (Lipinski definition) is 4. The first kappa shape index (κ1) is 13.7. The third kappa shape index (κ3) is 2.82. The van der Waals surface area contributed by atoms with E-state index in [2.05, 4.69) is 25.2 Å². The summed E-state index contributed by atoms with van der Waals surface area (Å²) in [6.45, 7) is 5.30. The van der Waals surface area contributed by atoms with Gasteiger partial charge in [-0.3, -0.25) is 0 Å². The zero-order valence-corrected chi connectivity index (χ0v) is 11.6. The van der Waals surface area contributed by atoms with Crippen molar-refractivity contribution in [2.45, 2.75) is 19.9 Å². The van der Waals surface area contributed by atoms with E-state index in [0.717, 1.165) is 17.1 Å². The third-order valence-electron chi connectivity index (χ3n) is 3.46. The lowest BCUT2D eigenvalue weighted by molar-refractivity contribution is 0.171. The van der Waals surface area contributed by atoms with E-state index in [0.29, 0.717) is 13.2 Å². The third-order valence-corrected chi connectivity index (χ3v) is 3.46. The van der Waals surface area contributed by atoms with Gasteiger partial charge in [-0.2, -0.15) is 5.26 Å². The number of benzene rings is 1. The van der Waals surface area contributed by atoms with Crippen LogP contribution in [0.1, 0.15) is 25.5 Å². The summed E-state index contributed by atoms with van der Waals surface area (Å²) in [7, 11) is 1.88. The molecular formula is C15H20N2O2. The standard InChI is InChI=1S/C15H20N2O2/c1-10(2)12(9-16)15(17-3)11-4-5-13-14(8-11)19-7-6-18-13/h4-5,8,10,12,15,17H,6-7H2,1-3H3. The van der Waals surface area contributed by atoms with E-state index >= 15 is 0 Å². The largest absolute Gasteiger partial charge is 0.486 e. The van der Waals surface area contributed by atoms with Crippen LogP contribution in [0.15, 0.2) is 18.2 Å².